The van der Waals surface area contributed by atoms with Crippen LogP contribution >= 0.6 is 11.3 Å². The monoisotopic (exact) mass is 561 g/mol. The quantitative estimate of drug-likeness (QED) is 0.283. The third kappa shape index (κ3) is 6.93. The number of carbonyl (C=O) groups excluding carboxylic acids is 1. The summed E-state index contributed by atoms with van der Waals surface area (Å²) in [5.41, 5.74) is 7.50. The number of aryl methyl sites for hydroxylation is 1. The summed E-state index contributed by atoms with van der Waals surface area (Å²) < 4.78 is 7.58. The van der Waals surface area contributed by atoms with E-state index in [1.807, 2.05) is 37.4 Å². The number of thiazole rings is 1. The highest BCUT2D eigenvalue weighted by molar-refractivity contribution is 7.13. The molecular formula is C30H39N7O2S. The second kappa shape index (κ2) is 12.3. The molecule has 0 unspecified atom stereocenters. The maximum Gasteiger partial charge on any atom is 0.255 e. The standard InChI is InChI=1S/C30H39N7O2S/c1-20-9-10-21(14-26(20)37-18-25(33-34-37)27-16-31-19-40-27)29(38)32-24-15-23(30(2,3)4)13-22(28(24)39-8)17-36(7)12-11-35(5)6/h9-10,13-16,18-19H,11-12,17H2,1-8H3,(H,32,38). The zero-order valence-electron chi connectivity index (χ0n) is 24.6. The van der Waals surface area contributed by atoms with Gasteiger partial charge in [0.2, 0.25) is 0 Å². The van der Waals surface area contributed by atoms with Crippen molar-refractivity contribution in [2.45, 2.75) is 39.7 Å². The van der Waals surface area contributed by atoms with Crippen molar-refractivity contribution in [1.82, 2.24) is 29.8 Å². The van der Waals surface area contributed by atoms with E-state index in [1.54, 1.807) is 23.5 Å². The molecule has 0 fully saturated rings. The molecule has 2 heterocycles. The van der Waals surface area contributed by atoms with E-state index in [0.717, 1.165) is 46.0 Å². The molecule has 0 bridgehead atoms. The predicted octanol–water partition coefficient (Wildman–Crippen LogP) is 5.25. The van der Waals surface area contributed by atoms with Crippen LogP contribution in [-0.4, -0.2) is 77.0 Å². The number of likely N-dealkylation sites (N-methyl/N-ethyl adjacent to an activating group) is 2. The number of amides is 1. The molecule has 0 spiro atoms. The molecule has 40 heavy (non-hydrogen) atoms. The number of ether oxygens (including phenoxy) is 1. The average Bonchev–Trinajstić information content (AvgIpc) is 3.59. The normalized spacial score (nSPS) is 11.8. The summed E-state index contributed by atoms with van der Waals surface area (Å²) in [6.07, 6.45) is 3.62. The second-order valence-corrected chi connectivity index (χ2v) is 12.3. The van der Waals surface area contributed by atoms with Gasteiger partial charge in [-0.25, -0.2) is 4.68 Å². The zero-order chi connectivity index (χ0) is 29.0. The third-order valence-corrected chi connectivity index (χ3v) is 7.55. The van der Waals surface area contributed by atoms with Gasteiger partial charge in [0.1, 0.15) is 11.4 Å². The van der Waals surface area contributed by atoms with E-state index in [1.165, 1.54) is 11.3 Å². The van der Waals surface area contributed by atoms with Crippen LogP contribution in [-0.2, 0) is 12.0 Å². The molecule has 0 atom stereocenters. The van der Waals surface area contributed by atoms with Crippen LogP contribution in [0, 0.1) is 6.92 Å². The summed E-state index contributed by atoms with van der Waals surface area (Å²) in [5.74, 6) is 0.455. The van der Waals surface area contributed by atoms with Crippen LogP contribution < -0.4 is 10.1 Å². The van der Waals surface area contributed by atoms with Crippen LogP contribution in [0.15, 0.2) is 48.2 Å². The lowest BCUT2D eigenvalue weighted by Crippen LogP contribution is -2.28. The Morgan fingerprint density at radius 3 is 2.55 bits per heavy atom. The van der Waals surface area contributed by atoms with Gasteiger partial charge in [-0.15, -0.1) is 16.4 Å². The minimum absolute atomic E-state index is 0.109. The summed E-state index contributed by atoms with van der Waals surface area (Å²) in [5, 5.41) is 11.7. The first-order chi connectivity index (χ1) is 19.0. The summed E-state index contributed by atoms with van der Waals surface area (Å²) in [4.78, 5) is 23.1. The first kappa shape index (κ1) is 29.4. The van der Waals surface area contributed by atoms with Gasteiger partial charge in [0.25, 0.3) is 5.91 Å². The van der Waals surface area contributed by atoms with E-state index in [0.29, 0.717) is 23.5 Å². The summed E-state index contributed by atoms with van der Waals surface area (Å²) in [7, 11) is 7.90. The first-order valence-electron chi connectivity index (χ1n) is 13.2. The number of benzene rings is 2. The molecule has 0 saturated heterocycles. The summed E-state index contributed by atoms with van der Waals surface area (Å²) in [6.45, 7) is 11.1. The molecule has 2 aromatic carbocycles. The van der Waals surface area contributed by atoms with Crippen molar-refractivity contribution in [1.29, 1.82) is 0 Å². The fourth-order valence-electron chi connectivity index (χ4n) is 4.34. The molecular weight excluding hydrogens is 522 g/mol. The van der Waals surface area contributed by atoms with Gasteiger partial charge in [0.15, 0.2) is 0 Å². The van der Waals surface area contributed by atoms with Gasteiger partial charge in [-0.1, -0.05) is 38.1 Å². The molecule has 0 aliphatic carbocycles. The van der Waals surface area contributed by atoms with Crippen molar-refractivity contribution in [2.75, 3.05) is 46.7 Å². The number of hydrogen-bond acceptors (Lipinski definition) is 8. The van der Waals surface area contributed by atoms with Crippen molar-refractivity contribution in [3.63, 3.8) is 0 Å². The van der Waals surface area contributed by atoms with Gasteiger partial charge >= 0.3 is 0 Å². The lowest BCUT2D eigenvalue weighted by molar-refractivity contribution is 0.102. The van der Waals surface area contributed by atoms with Crippen molar-refractivity contribution in [3.05, 3.63) is 70.5 Å². The molecule has 0 saturated carbocycles. The second-order valence-electron chi connectivity index (χ2n) is 11.4. The van der Waals surface area contributed by atoms with Gasteiger partial charge < -0.3 is 19.9 Å². The van der Waals surface area contributed by atoms with Gasteiger partial charge in [0.05, 0.1) is 35.1 Å². The van der Waals surface area contributed by atoms with E-state index in [9.17, 15) is 4.79 Å². The number of methoxy groups -OCH3 is 1. The van der Waals surface area contributed by atoms with Crippen molar-refractivity contribution < 1.29 is 9.53 Å². The van der Waals surface area contributed by atoms with Gasteiger partial charge in [-0.3, -0.25) is 9.78 Å². The zero-order valence-corrected chi connectivity index (χ0v) is 25.5. The average molecular weight is 562 g/mol. The van der Waals surface area contributed by atoms with E-state index >= 15 is 0 Å². The third-order valence-electron chi connectivity index (χ3n) is 6.75. The topological polar surface area (TPSA) is 88.4 Å². The van der Waals surface area contributed by atoms with Crippen LogP contribution in [0.2, 0.25) is 0 Å². The minimum atomic E-state index is -0.222. The van der Waals surface area contributed by atoms with E-state index in [2.05, 4.69) is 78.4 Å². The molecule has 1 N–H and O–H groups in total. The van der Waals surface area contributed by atoms with Crippen LogP contribution in [0.25, 0.3) is 16.3 Å². The Kier molecular flexibility index (Phi) is 9.02. The highest BCUT2D eigenvalue weighted by atomic mass is 32.1. The fraction of sp³-hybridized carbons (Fsp3) is 0.400. The Hall–Kier alpha value is -3.60. The highest BCUT2D eigenvalue weighted by Crippen LogP contribution is 2.36. The Bertz CT molecular complexity index is 1460. The Balaban J connectivity index is 1.64. The highest BCUT2D eigenvalue weighted by Gasteiger charge is 2.22. The molecule has 1 amide bonds. The molecule has 212 valence electrons. The van der Waals surface area contributed by atoms with Gasteiger partial charge in [-0.2, -0.15) is 0 Å². The smallest absolute Gasteiger partial charge is 0.255 e. The molecule has 4 aromatic rings. The van der Waals surface area contributed by atoms with Crippen molar-refractivity contribution in [3.8, 4) is 22.0 Å². The molecule has 4 rings (SSSR count). The van der Waals surface area contributed by atoms with Gasteiger partial charge in [0, 0.05) is 37.0 Å². The first-order valence-corrected chi connectivity index (χ1v) is 14.1. The molecule has 0 aliphatic heterocycles. The lowest BCUT2D eigenvalue weighted by atomic mass is 9.85. The maximum absolute atomic E-state index is 13.6. The van der Waals surface area contributed by atoms with Crippen molar-refractivity contribution >= 4 is 22.9 Å². The number of nitrogens with one attached hydrogen (secondary N) is 1. The van der Waals surface area contributed by atoms with E-state index in [4.69, 9.17) is 4.74 Å². The number of hydrogen-bond donors (Lipinski definition) is 1. The largest absolute Gasteiger partial charge is 0.494 e. The molecule has 0 aliphatic rings. The maximum atomic E-state index is 13.6. The lowest BCUT2D eigenvalue weighted by Gasteiger charge is -2.26. The Morgan fingerprint density at radius 1 is 1.12 bits per heavy atom. The minimum Gasteiger partial charge on any atom is -0.494 e. The Labute approximate surface area is 240 Å². The number of anilines is 1. The summed E-state index contributed by atoms with van der Waals surface area (Å²) in [6, 6.07) is 9.80. The summed E-state index contributed by atoms with van der Waals surface area (Å²) >= 11 is 1.50. The Morgan fingerprint density at radius 2 is 1.90 bits per heavy atom. The predicted molar refractivity (Wildman–Crippen MR) is 162 cm³/mol. The van der Waals surface area contributed by atoms with Crippen molar-refractivity contribution in [2.24, 2.45) is 0 Å². The molecule has 9 nitrogen and oxygen atoms in total. The number of rotatable bonds is 10. The van der Waals surface area contributed by atoms with E-state index in [-0.39, 0.29) is 11.3 Å². The van der Waals surface area contributed by atoms with Crippen LogP contribution in [0.5, 0.6) is 5.75 Å². The molecule has 0 radical (unpaired) electrons. The number of aromatic nitrogens is 4. The fourth-order valence-corrected chi connectivity index (χ4v) is 4.91. The molecule has 10 heteroatoms. The van der Waals surface area contributed by atoms with Crippen LogP contribution in [0.4, 0.5) is 5.69 Å². The van der Waals surface area contributed by atoms with Crippen LogP contribution in [0.1, 0.15) is 47.8 Å². The van der Waals surface area contributed by atoms with E-state index < -0.39 is 0 Å². The van der Waals surface area contributed by atoms with Crippen LogP contribution in [0.3, 0.4) is 0 Å². The van der Waals surface area contributed by atoms with Gasteiger partial charge in [-0.05, 0) is 62.8 Å². The SMILES string of the molecule is COc1c(CN(C)CCN(C)C)cc(C(C)(C)C)cc1NC(=O)c1ccc(C)c(-n2cc(-c3cncs3)nn2)c1. The number of carbonyl (C=O) groups is 1. The molecule has 2 aromatic heterocycles. The number of nitrogens with zero attached hydrogens (tertiary/aromatic N) is 6.